The maximum Gasteiger partial charge on any atom is 0.245 e. The lowest BCUT2D eigenvalue weighted by Gasteiger charge is -2.47. The Labute approximate surface area is 227 Å². The lowest BCUT2D eigenvalue weighted by Crippen LogP contribution is -2.59. The molecule has 10 heteroatoms. The highest BCUT2D eigenvalue weighted by Gasteiger charge is 2.49. The first-order valence-corrected chi connectivity index (χ1v) is 13.8. The van der Waals surface area contributed by atoms with Crippen molar-refractivity contribution in [1.82, 2.24) is 24.6 Å². The van der Waals surface area contributed by atoms with Crippen LogP contribution in [-0.2, 0) is 9.53 Å². The van der Waals surface area contributed by atoms with Gasteiger partial charge in [-0.1, -0.05) is 18.7 Å². The van der Waals surface area contributed by atoms with Crippen LogP contribution in [-0.4, -0.2) is 83.0 Å². The van der Waals surface area contributed by atoms with Gasteiger partial charge in [0.1, 0.15) is 11.6 Å². The highest BCUT2D eigenvalue weighted by Crippen LogP contribution is 2.45. The van der Waals surface area contributed by atoms with Gasteiger partial charge in [0.15, 0.2) is 5.82 Å². The van der Waals surface area contributed by atoms with Crippen LogP contribution < -0.4 is 9.80 Å². The first-order chi connectivity index (χ1) is 19.0. The average molecular weight is 525 g/mol. The molecule has 7 rings (SSSR count). The third-order valence-corrected chi connectivity index (χ3v) is 8.66. The molecule has 1 aromatic carbocycles. The Hall–Kier alpha value is -3.97. The zero-order chi connectivity index (χ0) is 26.7. The lowest BCUT2D eigenvalue weighted by molar-refractivity contribution is -0.136. The van der Waals surface area contributed by atoms with Crippen molar-refractivity contribution in [3.8, 4) is 17.3 Å². The van der Waals surface area contributed by atoms with E-state index in [2.05, 4.69) is 46.2 Å². The number of nitrogens with zero attached hydrogens (tertiary/aromatic N) is 8. The Kier molecular flexibility index (Phi) is 5.60. The third kappa shape index (κ3) is 3.95. The Bertz CT molecular complexity index is 1520. The van der Waals surface area contributed by atoms with Crippen molar-refractivity contribution >= 4 is 28.6 Å². The molecule has 0 radical (unpaired) electrons. The molecule has 4 fully saturated rings. The zero-order valence-corrected chi connectivity index (χ0v) is 22.3. The smallest absolute Gasteiger partial charge is 0.245 e. The van der Waals surface area contributed by atoms with Crippen molar-refractivity contribution in [1.29, 1.82) is 5.26 Å². The van der Waals surface area contributed by atoms with Crippen molar-refractivity contribution in [2.75, 3.05) is 62.3 Å². The fraction of sp³-hybridized carbons (Fsp3) is 0.483. The molecule has 1 aliphatic carbocycles. The fourth-order valence-corrected chi connectivity index (χ4v) is 6.41. The summed E-state index contributed by atoms with van der Waals surface area (Å²) in [5.74, 6) is 1.30. The van der Waals surface area contributed by atoms with Gasteiger partial charge in [-0.15, -0.1) is 0 Å². The molecule has 0 unspecified atom stereocenters. The van der Waals surface area contributed by atoms with E-state index in [0.29, 0.717) is 68.5 Å². The predicted octanol–water partition coefficient (Wildman–Crippen LogP) is 3.07. The fourth-order valence-electron chi connectivity index (χ4n) is 6.41. The lowest BCUT2D eigenvalue weighted by atomic mass is 9.79. The molecule has 0 N–H and O–H groups in total. The minimum absolute atomic E-state index is 0.0217. The third-order valence-electron chi connectivity index (χ3n) is 8.66. The second kappa shape index (κ2) is 9.06. The summed E-state index contributed by atoms with van der Waals surface area (Å²) < 4.78 is 7.73. The minimum atomic E-state index is -0.0217. The van der Waals surface area contributed by atoms with E-state index in [-0.39, 0.29) is 11.3 Å². The summed E-state index contributed by atoms with van der Waals surface area (Å²) in [6, 6.07) is 7.10. The summed E-state index contributed by atoms with van der Waals surface area (Å²) in [4.78, 5) is 28.5. The van der Waals surface area contributed by atoms with Crippen molar-refractivity contribution in [2.24, 2.45) is 5.41 Å². The van der Waals surface area contributed by atoms with Crippen LogP contribution in [0.3, 0.4) is 0 Å². The number of fused-ring (bicyclic) bond motifs is 1. The first kappa shape index (κ1) is 24.1. The molecule has 0 bridgehead atoms. The number of aromatic nitrogens is 4. The number of carbonyl (C=O) groups excluding carboxylic acids is 1. The number of amides is 1. The Morgan fingerprint density at radius 2 is 1.95 bits per heavy atom. The molecular weight excluding hydrogens is 492 g/mol. The van der Waals surface area contributed by atoms with Gasteiger partial charge in [0.05, 0.1) is 36.7 Å². The Balaban J connectivity index is 1.36. The van der Waals surface area contributed by atoms with E-state index < -0.39 is 0 Å². The number of carbonyl (C=O) groups is 1. The number of nitriles is 1. The number of ether oxygens (including phenoxy) is 1. The second-order valence-electron chi connectivity index (χ2n) is 11.4. The zero-order valence-electron chi connectivity index (χ0n) is 22.3. The van der Waals surface area contributed by atoms with E-state index in [0.717, 1.165) is 54.4 Å². The second-order valence-corrected chi connectivity index (χ2v) is 11.4. The number of likely N-dealkylation sites (tertiary alicyclic amines) is 1. The Morgan fingerprint density at radius 3 is 2.67 bits per heavy atom. The first-order valence-electron chi connectivity index (χ1n) is 13.8. The van der Waals surface area contributed by atoms with Gasteiger partial charge in [-0.25, -0.2) is 4.98 Å². The summed E-state index contributed by atoms with van der Waals surface area (Å²) in [6.07, 6.45) is 6.49. The molecular formula is C29H32N8O2. The van der Waals surface area contributed by atoms with E-state index >= 15 is 0 Å². The number of hydrogen-bond acceptors (Lipinski definition) is 8. The topological polar surface area (TPSA) is 103 Å². The molecule has 200 valence electrons. The summed E-state index contributed by atoms with van der Waals surface area (Å²) in [7, 11) is 0. The van der Waals surface area contributed by atoms with Crippen LogP contribution in [0.25, 0.3) is 22.2 Å². The molecule has 4 aliphatic rings. The molecule has 3 saturated heterocycles. The summed E-state index contributed by atoms with van der Waals surface area (Å²) >= 11 is 0. The van der Waals surface area contributed by atoms with Gasteiger partial charge in [-0.3, -0.25) is 9.48 Å². The van der Waals surface area contributed by atoms with Gasteiger partial charge >= 0.3 is 0 Å². The minimum Gasteiger partial charge on any atom is -0.378 e. The standard InChI is InChI=1S/C29H32N8O2/c1-3-23(38)36-17-29(18-36)8-9-35(16-29)27-22(14-30)25(32-28(33-27)34-10-12-39-13-11-34)24-19(2)4-5-20-15-31-37(26(20)24)21-6-7-21/h3-5,15,21H,1,6-13,16-18H2,2H3. The van der Waals surface area contributed by atoms with Crippen LogP contribution in [0, 0.1) is 23.7 Å². The molecule has 39 heavy (non-hydrogen) atoms. The van der Waals surface area contributed by atoms with Gasteiger partial charge < -0.3 is 19.4 Å². The van der Waals surface area contributed by atoms with Crippen LogP contribution in [0.2, 0.25) is 0 Å². The van der Waals surface area contributed by atoms with Gasteiger partial charge in [-0.2, -0.15) is 15.3 Å². The van der Waals surface area contributed by atoms with Crippen molar-refractivity contribution in [3.63, 3.8) is 0 Å². The Morgan fingerprint density at radius 1 is 1.15 bits per heavy atom. The van der Waals surface area contributed by atoms with Crippen molar-refractivity contribution < 1.29 is 9.53 Å². The predicted molar refractivity (Wildman–Crippen MR) is 148 cm³/mol. The maximum absolute atomic E-state index is 12.1. The van der Waals surface area contributed by atoms with E-state index in [1.807, 2.05) is 11.1 Å². The number of hydrogen-bond donors (Lipinski definition) is 0. The highest BCUT2D eigenvalue weighted by molar-refractivity contribution is 5.97. The van der Waals surface area contributed by atoms with Crippen LogP contribution in [0.1, 0.15) is 36.4 Å². The van der Waals surface area contributed by atoms with Gasteiger partial charge in [-0.05, 0) is 37.8 Å². The van der Waals surface area contributed by atoms with E-state index in [9.17, 15) is 10.1 Å². The van der Waals surface area contributed by atoms with Crippen LogP contribution >= 0.6 is 0 Å². The van der Waals surface area contributed by atoms with Crippen LogP contribution in [0.4, 0.5) is 11.8 Å². The molecule has 5 heterocycles. The number of aryl methyl sites for hydroxylation is 1. The molecule has 1 amide bonds. The SMILES string of the molecule is C=CC(=O)N1CC2(CCN(c3nc(N4CCOCC4)nc(-c4c(C)ccc5cnn(C6CC6)c45)c3C#N)C2)C1. The summed E-state index contributed by atoms with van der Waals surface area (Å²) in [6.45, 7) is 11.3. The summed E-state index contributed by atoms with van der Waals surface area (Å²) in [5, 5.41) is 16.4. The van der Waals surface area contributed by atoms with E-state index in [4.69, 9.17) is 19.8 Å². The van der Waals surface area contributed by atoms with Gasteiger partial charge in [0, 0.05) is 55.6 Å². The highest BCUT2D eigenvalue weighted by atomic mass is 16.5. The average Bonchev–Trinajstić information content (AvgIpc) is 3.54. The number of rotatable bonds is 5. The normalized spacial score (nSPS) is 20.4. The van der Waals surface area contributed by atoms with E-state index in [1.54, 1.807) is 0 Å². The maximum atomic E-state index is 12.1. The molecule has 1 saturated carbocycles. The van der Waals surface area contributed by atoms with Crippen LogP contribution in [0.5, 0.6) is 0 Å². The molecule has 10 nitrogen and oxygen atoms in total. The van der Waals surface area contributed by atoms with Crippen molar-refractivity contribution in [3.05, 3.63) is 42.1 Å². The largest absolute Gasteiger partial charge is 0.378 e. The molecule has 2 aromatic heterocycles. The molecule has 1 spiro atoms. The number of benzene rings is 1. The molecule has 3 aliphatic heterocycles. The monoisotopic (exact) mass is 524 g/mol. The molecule has 0 atom stereocenters. The van der Waals surface area contributed by atoms with Gasteiger partial charge in [0.2, 0.25) is 11.9 Å². The van der Waals surface area contributed by atoms with Crippen molar-refractivity contribution in [2.45, 2.75) is 32.2 Å². The van der Waals surface area contributed by atoms with Gasteiger partial charge in [0.25, 0.3) is 0 Å². The molecule has 3 aromatic rings. The number of anilines is 2. The summed E-state index contributed by atoms with van der Waals surface area (Å²) in [5.41, 5.74) is 4.27. The van der Waals surface area contributed by atoms with E-state index in [1.165, 1.54) is 6.08 Å². The number of morpholine rings is 1. The quantitative estimate of drug-likeness (QED) is 0.469. The van der Waals surface area contributed by atoms with Crippen LogP contribution in [0.15, 0.2) is 31.0 Å².